The summed E-state index contributed by atoms with van der Waals surface area (Å²) < 4.78 is 23.1. The van der Waals surface area contributed by atoms with Crippen molar-refractivity contribution in [1.29, 1.82) is 0 Å². The van der Waals surface area contributed by atoms with E-state index in [1.165, 1.54) is 0 Å². The molecule has 1 unspecified atom stereocenters. The van der Waals surface area contributed by atoms with E-state index >= 15 is 0 Å². The minimum atomic E-state index is -0.239. The molecule has 0 radical (unpaired) electrons. The van der Waals surface area contributed by atoms with Crippen molar-refractivity contribution >= 4 is 23.2 Å². The molecule has 36 heavy (non-hydrogen) atoms. The van der Waals surface area contributed by atoms with Gasteiger partial charge in [-0.15, -0.1) is 0 Å². The van der Waals surface area contributed by atoms with E-state index in [9.17, 15) is 0 Å². The molecule has 0 saturated carbocycles. The minimum absolute atomic E-state index is 0.239. The molecule has 0 aromatic heterocycles. The van der Waals surface area contributed by atoms with Crippen LogP contribution in [0.1, 0.15) is 33.7 Å². The van der Waals surface area contributed by atoms with Crippen LogP contribution >= 0.6 is 23.2 Å². The highest BCUT2D eigenvalue weighted by molar-refractivity contribution is 6.30. The molecule has 6 heteroatoms. The number of benzene rings is 4. The molecule has 0 saturated heterocycles. The zero-order valence-corrected chi connectivity index (χ0v) is 22.2. The van der Waals surface area contributed by atoms with E-state index in [0.717, 1.165) is 50.8 Å². The van der Waals surface area contributed by atoms with Gasteiger partial charge >= 0.3 is 0 Å². The molecule has 4 rings (SSSR count). The lowest BCUT2D eigenvalue weighted by Gasteiger charge is -2.25. The Labute approximate surface area is 222 Å². The van der Waals surface area contributed by atoms with Crippen LogP contribution in [0.3, 0.4) is 0 Å². The predicted molar refractivity (Wildman–Crippen MR) is 146 cm³/mol. The van der Waals surface area contributed by atoms with Crippen molar-refractivity contribution < 1.29 is 18.9 Å². The second kappa shape index (κ2) is 11.6. The lowest BCUT2D eigenvalue weighted by atomic mass is 9.83. The highest BCUT2D eigenvalue weighted by Crippen LogP contribution is 2.45. The van der Waals surface area contributed by atoms with Gasteiger partial charge in [0.05, 0.1) is 28.4 Å². The van der Waals surface area contributed by atoms with Crippen molar-refractivity contribution in [3.63, 3.8) is 0 Å². The Bertz CT molecular complexity index is 1340. The van der Waals surface area contributed by atoms with Crippen LogP contribution in [0.4, 0.5) is 0 Å². The molecule has 0 aliphatic heterocycles. The van der Waals surface area contributed by atoms with Gasteiger partial charge in [-0.1, -0.05) is 47.5 Å². The third-order valence-corrected chi connectivity index (χ3v) is 6.67. The summed E-state index contributed by atoms with van der Waals surface area (Å²) in [5, 5.41) is 1.36. The first kappa shape index (κ1) is 25.7. The third-order valence-electron chi connectivity index (χ3n) is 6.18. The molecule has 0 bridgehead atoms. The Morgan fingerprint density at radius 3 is 1.94 bits per heavy atom. The molecule has 0 amide bonds. The highest BCUT2D eigenvalue weighted by atomic mass is 35.5. The van der Waals surface area contributed by atoms with E-state index in [-0.39, 0.29) is 5.92 Å². The molecule has 0 fully saturated rings. The average Bonchev–Trinajstić information content (AvgIpc) is 2.90. The van der Waals surface area contributed by atoms with E-state index in [2.05, 4.69) is 0 Å². The molecule has 0 heterocycles. The van der Waals surface area contributed by atoms with Crippen molar-refractivity contribution in [3.05, 3.63) is 117 Å². The summed E-state index contributed by atoms with van der Waals surface area (Å²) in [6, 6.07) is 25.5. The number of methoxy groups -OCH3 is 4. The Hall–Kier alpha value is -3.34. The third kappa shape index (κ3) is 5.56. The van der Waals surface area contributed by atoms with Crippen LogP contribution < -0.4 is 18.9 Å². The first-order chi connectivity index (χ1) is 17.5. The summed E-state index contributed by atoms with van der Waals surface area (Å²) in [6.45, 7) is 0. The van der Waals surface area contributed by atoms with Crippen molar-refractivity contribution in [2.75, 3.05) is 28.4 Å². The van der Waals surface area contributed by atoms with Gasteiger partial charge in [-0.05, 0) is 65.7 Å². The van der Waals surface area contributed by atoms with Crippen molar-refractivity contribution in [2.24, 2.45) is 0 Å². The molecular weight excluding hydrogens is 495 g/mol. The van der Waals surface area contributed by atoms with Crippen LogP contribution in [0, 0.1) is 0 Å². The fraction of sp³-hybridized carbons (Fsp3) is 0.200. The summed E-state index contributed by atoms with van der Waals surface area (Å²) in [7, 11) is 6.67. The number of halogens is 2. The van der Waals surface area contributed by atoms with Gasteiger partial charge in [0.15, 0.2) is 0 Å². The molecule has 4 nitrogen and oxygen atoms in total. The topological polar surface area (TPSA) is 36.9 Å². The van der Waals surface area contributed by atoms with Gasteiger partial charge in [0.2, 0.25) is 0 Å². The van der Waals surface area contributed by atoms with Crippen LogP contribution in [0.5, 0.6) is 23.0 Å². The Morgan fingerprint density at radius 2 is 1.31 bits per heavy atom. The van der Waals surface area contributed by atoms with Crippen LogP contribution in [-0.2, 0) is 6.42 Å². The molecule has 0 aliphatic carbocycles. The molecule has 4 aromatic rings. The predicted octanol–water partition coefficient (Wildman–Crippen LogP) is 7.80. The maximum Gasteiger partial charge on any atom is 0.123 e. The molecular formula is C30H28Cl2O4. The number of hydrogen-bond donors (Lipinski definition) is 0. The van der Waals surface area contributed by atoms with E-state index in [0.29, 0.717) is 16.5 Å². The van der Waals surface area contributed by atoms with E-state index in [1.807, 2.05) is 78.9 Å². The maximum absolute atomic E-state index is 6.23. The van der Waals surface area contributed by atoms with Gasteiger partial charge < -0.3 is 18.9 Å². The quantitative estimate of drug-likeness (QED) is 0.210. The van der Waals surface area contributed by atoms with Gasteiger partial charge in [-0.2, -0.15) is 0 Å². The summed E-state index contributed by atoms with van der Waals surface area (Å²) >= 11 is 12.5. The summed E-state index contributed by atoms with van der Waals surface area (Å²) in [5.41, 5.74) is 4.96. The number of ether oxygens (including phenoxy) is 4. The zero-order valence-electron chi connectivity index (χ0n) is 20.7. The van der Waals surface area contributed by atoms with Gasteiger partial charge in [0.1, 0.15) is 23.0 Å². The standard InChI is InChI=1S/C30H28Cl2O4/c1-33-24-12-13-27(34-2)25(17-24)30(20-8-10-22(31)11-9-20)26-18-28(35-3)21(16-29(26)36-4)14-19-6-5-7-23(32)15-19/h5-13,15-18,30H,14H2,1-4H3. The van der Waals surface area contributed by atoms with Crippen molar-refractivity contribution in [2.45, 2.75) is 12.3 Å². The van der Waals surface area contributed by atoms with Gasteiger partial charge in [0, 0.05) is 39.1 Å². The average molecular weight is 523 g/mol. The fourth-order valence-electron chi connectivity index (χ4n) is 4.46. The number of rotatable bonds is 9. The molecule has 0 aliphatic rings. The first-order valence-electron chi connectivity index (χ1n) is 11.4. The highest BCUT2D eigenvalue weighted by Gasteiger charge is 2.26. The van der Waals surface area contributed by atoms with Crippen LogP contribution in [0.25, 0.3) is 0 Å². The van der Waals surface area contributed by atoms with E-state index in [4.69, 9.17) is 42.1 Å². The smallest absolute Gasteiger partial charge is 0.123 e. The summed E-state index contributed by atoms with van der Waals surface area (Å²) in [4.78, 5) is 0. The normalized spacial score (nSPS) is 11.6. The second-order valence-corrected chi connectivity index (χ2v) is 9.18. The minimum Gasteiger partial charge on any atom is -0.497 e. The monoisotopic (exact) mass is 522 g/mol. The van der Waals surface area contributed by atoms with Gasteiger partial charge in [-0.25, -0.2) is 0 Å². The largest absolute Gasteiger partial charge is 0.497 e. The molecule has 0 spiro atoms. The van der Waals surface area contributed by atoms with Crippen molar-refractivity contribution in [3.8, 4) is 23.0 Å². The SMILES string of the molecule is COc1ccc(OC)c(C(c2ccc(Cl)cc2)c2cc(OC)c(Cc3cccc(Cl)c3)cc2OC)c1. The zero-order chi connectivity index (χ0) is 25.7. The lowest BCUT2D eigenvalue weighted by molar-refractivity contribution is 0.390. The van der Waals surface area contributed by atoms with Gasteiger partial charge in [-0.3, -0.25) is 0 Å². The molecule has 1 atom stereocenters. The van der Waals surface area contributed by atoms with Crippen LogP contribution in [0.15, 0.2) is 78.9 Å². The molecule has 0 N–H and O–H groups in total. The molecule has 186 valence electrons. The lowest BCUT2D eigenvalue weighted by Crippen LogP contribution is -2.09. The first-order valence-corrected chi connectivity index (χ1v) is 12.2. The van der Waals surface area contributed by atoms with Crippen LogP contribution in [-0.4, -0.2) is 28.4 Å². The maximum atomic E-state index is 6.23. The Kier molecular flexibility index (Phi) is 8.29. The van der Waals surface area contributed by atoms with E-state index < -0.39 is 0 Å². The van der Waals surface area contributed by atoms with Crippen LogP contribution in [0.2, 0.25) is 10.0 Å². The Balaban J connectivity index is 1.92. The number of hydrogen-bond acceptors (Lipinski definition) is 4. The fourth-order valence-corrected chi connectivity index (χ4v) is 4.80. The van der Waals surface area contributed by atoms with Crippen molar-refractivity contribution in [1.82, 2.24) is 0 Å². The van der Waals surface area contributed by atoms with Gasteiger partial charge in [0.25, 0.3) is 0 Å². The second-order valence-electron chi connectivity index (χ2n) is 8.31. The summed E-state index contributed by atoms with van der Waals surface area (Å²) in [5.74, 6) is 2.72. The summed E-state index contributed by atoms with van der Waals surface area (Å²) in [6.07, 6.45) is 0.647. The Morgan fingerprint density at radius 1 is 0.611 bits per heavy atom. The molecule has 4 aromatic carbocycles. The van der Waals surface area contributed by atoms with E-state index in [1.54, 1.807) is 28.4 Å².